The number of nitrogens with one attached hydrogen (secondary N) is 3. The topological polar surface area (TPSA) is 177 Å². The summed E-state index contributed by atoms with van der Waals surface area (Å²) in [4.78, 5) is 69.9. The number of aromatic amines is 2. The molecule has 2 aliphatic rings. The number of hydrogen-bond acceptors (Lipinski definition) is 7. The number of H-pyrrole nitrogens is 2. The number of nitrogens with zero attached hydrogens (tertiary/aromatic N) is 5. The molecule has 0 saturated carbocycles. The molecule has 4 N–H and O–H groups in total. The van der Waals surface area contributed by atoms with Gasteiger partial charge in [-0.15, -0.1) is 0 Å². The average molecular weight is 697 g/mol. The third kappa shape index (κ3) is 7.59. The Morgan fingerprint density at radius 3 is 1.78 bits per heavy atom. The van der Waals surface area contributed by atoms with E-state index < -0.39 is 18.2 Å². The fraction of sp³-hybridized carbons (Fsp3) is 0.405. The summed E-state index contributed by atoms with van der Waals surface area (Å²) in [5.74, 6) is 0.928. The number of alkyl carbamates (subject to hydrolysis) is 1. The summed E-state index contributed by atoms with van der Waals surface area (Å²) >= 11 is 0. The van der Waals surface area contributed by atoms with Crippen LogP contribution in [-0.4, -0.2) is 104 Å². The average Bonchev–Trinajstić information content (AvgIpc) is 3.96. The molecular weight excluding hydrogens is 652 g/mol. The van der Waals surface area contributed by atoms with Gasteiger partial charge in [0.15, 0.2) is 0 Å². The molecule has 51 heavy (non-hydrogen) atoms. The van der Waals surface area contributed by atoms with Gasteiger partial charge in [0, 0.05) is 20.1 Å². The Labute approximate surface area is 296 Å². The highest BCUT2D eigenvalue weighted by atomic mass is 16.5. The van der Waals surface area contributed by atoms with Gasteiger partial charge in [-0.05, 0) is 53.9 Å². The molecular formula is C37H44N8O6. The normalized spacial score (nSPS) is 17.8. The van der Waals surface area contributed by atoms with Gasteiger partial charge in [0.1, 0.15) is 24.2 Å². The molecule has 4 amide bonds. The van der Waals surface area contributed by atoms with Crippen molar-refractivity contribution in [2.45, 2.75) is 57.7 Å². The van der Waals surface area contributed by atoms with Gasteiger partial charge in [-0.25, -0.2) is 19.6 Å². The molecule has 2 aromatic heterocycles. The van der Waals surface area contributed by atoms with Gasteiger partial charge in [0.25, 0.3) is 0 Å². The van der Waals surface area contributed by atoms with Crippen molar-refractivity contribution in [2.24, 2.45) is 5.92 Å². The summed E-state index contributed by atoms with van der Waals surface area (Å²) in [6.07, 6.45) is 5.01. The molecule has 4 heterocycles. The van der Waals surface area contributed by atoms with Crippen LogP contribution in [0.25, 0.3) is 33.6 Å². The third-order valence-electron chi connectivity index (χ3n) is 9.75. The lowest BCUT2D eigenvalue weighted by molar-refractivity contribution is -0.135. The van der Waals surface area contributed by atoms with E-state index in [1.165, 1.54) is 14.2 Å². The molecule has 2 aromatic carbocycles. The van der Waals surface area contributed by atoms with E-state index in [0.29, 0.717) is 18.9 Å². The lowest BCUT2D eigenvalue weighted by atomic mass is 10.0. The first-order valence-corrected chi connectivity index (χ1v) is 17.2. The maximum absolute atomic E-state index is 13.5. The number of rotatable bonds is 10. The lowest BCUT2D eigenvalue weighted by Gasteiger charge is -2.30. The maximum Gasteiger partial charge on any atom is 0.407 e. The second kappa shape index (κ2) is 15.1. The van der Waals surface area contributed by atoms with Crippen molar-refractivity contribution in [2.75, 3.05) is 33.8 Å². The van der Waals surface area contributed by atoms with Crippen molar-refractivity contribution in [3.05, 3.63) is 72.6 Å². The van der Waals surface area contributed by atoms with Crippen LogP contribution in [0.5, 0.6) is 0 Å². The molecule has 2 fully saturated rings. The molecule has 2 aliphatic heterocycles. The standard InChI is InChI=1S/C37H44N8O6/c1-22(2)32(42-36(48)51-4)35(47)45-18-6-8-30(45)34-39-20-28(41-34)26-15-11-24(12-16-26)23-9-13-25(14-10-23)27-19-38-33(40-27)29-7-5-17-44(29)31(46)21-43(3)37(49)50/h9-16,19-20,22,29-30,32H,5-8,17-18,21H2,1-4H3,(H,38,40)(H,39,41)(H,42,48)(H,49,50)/t29-,30?,32-/m0/s1. The predicted octanol–water partition coefficient (Wildman–Crippen LogP) is 5.45. The monoisotopic (exact) mass is 696 g/mol. The van der Waals surface area contributed by atoms with E-state index in [0.717, 1.165) is 70.0 Å². The number of amides is 4. The minimum atomic E-state index is -1.14. The van der Waals surface area contributed by atoms with Crippen LogP contribution in [0.1, 0.15) is 63.3 Å². The van der Waals surface area contributed by atoms with Crippen molar-refractivity contribution in [1.29, 1.82) is 0 Å². The zero-order valence-electron chi connectivity index (χ0n) is 29.3. The molecule has 0 radical (unpaired) electrons. The molecule has 0 aliphatic carbocycles. The molecule has 14 nitrogen and oxygen atoms in total. The van der Waals surface area contributed by atoms with Crippen molar-refractivity contribution in [3.8, 4) is 33.6 Å². The Morgan fingerprint density at radius 1 is 0.843 bits per heavy atom. The largest absolute Gasteiger partial charge is 0.465 e. The van der Waals surface area contributed by atoms with Gasteiger partial charge < -0.3 is 39.8 Å². The van der Waals surface area contributed by atoms with Crippen molar-refractivity contribution in [3.63, 3.8) is 0 Å². The quantitative estimate of drug-likeness (QED) is 0.169. The highest BCUT2D eigenvalue weighted by molar-refractivity contribution is 5.86. The van der Waals surface area contributed by atoms with Gasteiger partial charge in [-0.3, -0.25) is 9.59 Å². The number of benzene rings is 2. The van der Waals surface area contributed by atoms with E-state index in [4.69, 9.17) is 9.84 Å². The van der Waals surface area contributed by atoms with Gasteiger partial charge in [-0.1, -0.05) is 62.4 Å². The summed E-state index contributed by atoms with van der Waals surface area (Å²) in [6.45, 7) is 4.76. The van der Waals surface area contributed by atoms with E-state index in [2.05, 4.69) is 49.5 Å². The molecule has 0 spiro atoms. The van der Waals surface area contributed by atoms with E-state index in [1.807, 2.05) is 38.1 Å². The number of carbonyl (C=O) groups is 4. The Hall–Kier alpha value is -5.66. The zero-order valence-corrected chi connectivity index (χ0v) is 29.3. The van der Waals surface area contributed by atoms with Crippen molar-refractivity contribution < 1.29 is 29.0 Å². The number of carboxylic acid groups (broad SMARTS) is 1. The van der Waals surface area contributed by atoms with E-state index in [-0.39, 0.29) is 36.4 Å². The molecule has 268 valence electrons. The fourth-order valence-corrected chi connectivity index (χ4v) is 6.89. The Kier molecular flexibility index (Phi) is 10.4. The number of ether oxygens (including phenoxy) is 1. The van der Waals surface area contributed by atoms with Crippen LogP contribution in [0.15, 0.2) is 60.9 Å². The van der Waals surface area contributed by atoms with Crippen LogP contribution in [0, 0.1) is 5.92 Å². The molecule has 1 unspecified atom stereocenters. The van der Waals surface area contributed by atoms with Crippen molar-refractivity contribution >= 4 is 24.0 Å². The first-order chi connectivity index (χ1) is 24.5. The number of hydrogen-bond donors (Lipinski definition) is 4. The molecule has 3 atom stereocenters. The van der Waals surface area contributed by atoms with E-state index in [9.17, 15) is 19.2 Å². The zero-order chi connectivity index (χ0) is 36.2. The highest BCUT2D eigenvalue weighted by Gasteiger charge is 2.37. The summed E-state index contributed by atoms with van der Waals surface area (Å²) in [5.41, 5.74) is 5.71. The number of carbonyl (C=O) groups excluding carboxylic acids is 3. The highest BCUT2D eigenvalue weighted by Crippen LogP contribution is 2.34. The molecule has 4 aromatic rings. The van der Waals surface area contributed by atoms with Crippen LogP contribution in [0.4, 0.5) is 9.59 Å². The second-order valence-electron chi connectivity index (χ2n) is 13.4. The molecule has 14 heteroatoms. The predicted molar refractivity (Wildman–Crippen MR) is 189 cm³/mol. The number of aromatic nitrogens is 4. The molecule has 0 bridgehead atoms. The summed E-state index contributed by atoms with van der Waals surface area (Å²) in [5, 5.41) is 11.8. The number of imidazole rings is 2. The third-order valence-corrected chi connectivity index (χ3v) is 9.75. The minimum Gasteiger partial charge on any atom is -0.465 e. The number of methoxy groups -OCH3 is 1. The van der Waals surface area contributed by atoms with E-state index >= 15 is 0 Å². The maximum atomic E-state index is 13.5. The number of likely N-dealkylation sites (N-methyl/N-ethyl adjacent to an activating group) is 1. The van der Waals surface area contributed by atoms with Crippen LogP contribution in [0.3, 0.4) is 0 Å². The lowest BCUT2D eigenvalue weighted by Crippen LogP contribution is -2.51. The van der Waals surface area contributed by atoms with Gasteiger partial charge in [-0.2, -0.15) is 0 Å². The van der Waals surface area contributed by atoms with Gasteiger partial charge in [0.05, 0.1) is 43.0 Å². The first-order valence-electron chi connectivity index (χ1n) is 17.2. The van der Waals surface area contributed by atoms with Crippen LogP contribution >= 0.6 is 0 Å². The smallest absolute Gasteiger partial charge is 0.407 e. The van der Waals surface area contributed by atoms with Crippen LogP contribution in [0.2, 0.25) is 0 Å². The fourth-order valence-electron chi connectivity index (χ4n) is 6.89. The van der Waals surface area contributed by atoms with E-state index in [1.54, 1.807) is 22.2 Å². The van der Waals surface area contributed by atoms with Crippen LogP contribution in [-0.2, 0) is 14.3 Å². The van der Waals surface area contributed by atoms with Crippen molar-refractivity contribution in [1.82, 2.24) is 40.0 Å². The summed E-state index contributed by atoms with van der Waals surface area (Å²) in [7, 11) is 2.67. The Bertz CT molecular complexity index is 1870. The van der Waals surface area contributed by atoms with Gasteiger partial charge in [0.2, 0.25) is 11.8 Å². The Morgan fingerprint density at radius 2 is 1.31 bits per heavy atom. The second-order valence-corrected chi connectivity index (χ2v) is 13.4. The molecule has 2 saturated heterocycles. The Balaban J connectivity index is 1.10. The molecule has 6 rings (SSSR count). The minimum absolute atomic E-state index is 0.105. The SMILES string of the molecule is COC(=O)N[C@H](C(=O)N1CCCC1c1ncc(-c2ccc(-c3ccc(-c4cnc([C@@H]5CCCN5C(=O)CN(C)C(=O)O)[nH]4)cc3)cc2)[nH]1)C(C)C. The summed E-state index contributed by atoms with van der Waals surface area (Å²) in [6, 6.07) is 15.2. The summed E-state index contributed by atoms with van der Waals surface area (Å²) < 4.78 is 4.74. The number of likely N-dealkylation sites (tertiary alicyclic amines) is 2. The van der Waals surface area contributed by atoms with Crippen LogP contribution < -0.4 is 5.32 Å². The van der Waals surface area contributed by atoms with Gasteiger partial charge >= 0.3 is 12.2 Å². The first kappa shape index (κ1) is 35.2.